The number of benzene rings is 1. The third-order valence-electron chi connectivity index (χ3n) is 3.24. The van der Waals surface area contributed by atoms with Gasteiger partial charge in [-0.15, -0.1) is 0 Å². The van der Waals surface area contributed by atoms with E-state index in [9.17, 15) is 0 Å². The summed E-state index contributed by atoms with van der Waals surface area (Å²) in [5.41, 5.74) is 5.40. The Kier molecular flexibility index (Phi) is 1.84. The molecule has 74 valence electrons. The van der Waals surface area contributed by atoms with Crippen LogP contribution in [0.1, 0.15) is 18.1 Å². The van der Waals surface area contributed by atoms with Crippen molar-refractivity contribution in [2.75, 3.05) is 0 Å². The standard InChI is InChI=1S/C14H13N/c1-10-13-7-3-2-5-11(13)9-12-6-4-8-15-14(10)12/h2-8,12H,9H2,1H3. The van der Waals surface area contributed by atoms with E-state index in [-0.39, 0.29) is 0 Å². The molecule has 0 N–H and O–H groups in total. The van der Waals surface area contributed by atoms with Gasteiger partial charge in [-0.25, -0.2) is 0 Å². The number of hydrogen-bond acceptors (Lipinski definition) is 1. The van der Waals surface area contributed by atoms with Gasteiger partial charge in [0, 0.05) is 12.1 Å². The number of nitrogens with zero attached hydrogens (tertiary/aromatic N) is 1. The van der Waals surface area contributed by atoms with Crippen LogP contribution in [-0.4, -0.2) is 6.21 Å². The molecule has 0 bridgehead atoms. The average molecular weight is 195 g/mol. The van der Waals surface area contributed by atoms with Crippen LogP contribution in [0.2, 0.25) is 0 Å². The largest absolute Gasteiger partial charge is 0.260 e. The van der Waals surface area contributed by atoms with Gasteiger partial charge in [-0.2, -0.15) is 0 Å². The molecule has 1 heteroatoms. The first-order valence-corrected chi connectivity index (χ1v) is 5.36. The van der Waals surface area contributed by atoms with E-state index >= 15 is 0 Å². The molecule has 1 atom stereocenters. The van der Waals surface area contributed by atoms with Crippen molar-refractivity contribution in [1.82, 2.24) is 0 Å². The van der Waals surface area contributed by atoms with Crippen molar-refractivity contribution in [1.29, 1.82) is 0 Å². The van der Waals surface area contributed by atoms with Crippen LogP contribution in [0.4, 0.5) is 0 Å². The Balaban J connectivity index is 2.21. The van der Waals surface area contributed by atoms with Crippen molar-refractivity contribution >= 4 is 11.8 Å². The number of aliphatic imine (C=N–C) groups is 1. The molecular formula is C14H13N. The summed E-state index contributed by atoms with van der Waals surface area (Å²) in [5, 5.41) is 0. The lowest BCUT2D eigenvalue weighted by molar-refractivity contribution is 0.726. The topological polar surface area (TPSA) is 12.4 Å². The highest BCUT2D eigenvalue weighted by molar-refractivity contribution is 5.80. The quantitative estimate of drug-likeness (QED) is 0.602. The van der Waals surface area contributed by atoms with Crippen molar-refractivity contribution in [3.63, 3.8) is 0 Å². The molecule has 1 aliphatic heterocycles. The Hall–Kier alpha value is -1.63. The van der Waals surface area contributed by atoms with Crippen LogP contribution in [0.15, 0.2) is 47.1 Å². The maximum atomic E-state index is 4.50. The number of rotatable bonds is 0. The van der Waals surface area contributed by atoms with Gasteiger partial charge < -0.3 is 0 Å². The van der Waals surface area contributed by atoms with Gasteiger partial charge in [0.1, 0.15) is 0 Å². The molecular weight excluding hydrogens is 182 g/mol. The molecule has 1 aromatic rings. The number of fused-ring (bicyclic) bond motifs is 2. The fourth-order valence-electron chi connectivity index (χ4n) is 2.47. The number of hydrogen-bond donors (Lipinski definition) is 0. The SMILES string of the molecule is CC1=C2N=CC=CC2Cc2ccccc21. The third-order valence-corrected chi connectivity index (χ3v) is 3.24. The first kappa shape index (κ1) is 8.66. The Labute approximate surface area is 89.9 Å². The van der Waals surface area contributed by atoms with Gasteiger partial charge in [-0.1, -0.05) is 30.3 Å². The second kappa shape index (κ2) is 3.20. The van der Waals surface area contributed by atoms with Crippen LogP contribution in [0.5, 0.6) is 0 Å². The van der Waals surface area contributed by atoms with E-state index in [1.165, 1.54) is 22.4 Å². The average Bonchev–Trinajstić information content (AvgIpc) is 2.30. The van der Waals surface area contributed by atoms with Crippen LogP contribution in [0.3, 0.4) is 0 Å². The minimum atomic E-state index is 0.491. The fourth-order valence-corrected chi connectivity index (χ4v) is 2.47. The lowest BCUT2D eigenvalue weighted by Gasteiger charge is -2.26. The monoisotopic (exact) mass is 195 g/mol. The summed E-state index contributed by atoms with van der Waals surface area (Å²) in [6.07, 6.45) is 7.29. The van der Waals surface area contributed by atoms with E-state index in [4.69, 9.17) is 0 Å². The van der Waals surface area contributed by atoms with E-state index in [2.05, 4.69) is 48.3 Å². The highest BCUT2D eigenvalue weighted by Gasteiger charge is 2.23. The second-order valence-electron chi connectivity index (χ2n) is 4.14. The zero-order chi connectivity index (χ0) is 10.3. The van der Waals surface area contributed by atoms with Crippen molar-refractivity contribution in [3.8, 4) is 0 Å². The van der Waals surface area contributed by atoms with Gasteiger partial charge in [0.2, 0.25) is 0 Å². The van der Waals surface area contributed by atoms with Crippen LogP contribution < -0.4 is 0 Å². The van der Waals surface area contributed by atoms with Crippen molar-refractivity contribution in [2.24, 2.45) is 10.9 Å². The Morgan fingerprint density at radius 3 is 3.07 bits per heavy atom. The molecule has 1 unspecified atom stereocenters. The number of allylic oxidation sites excluding steroid dienone is 3. The van der Waals surface area contributed by atoms with E-state index in [0.29, 0.717) is 5.92 Å². The lowest BCUT2D eigenvalue weighted by atomic mass is 9.82. The third kappa shape index (κ3) is 1.27. The molecule has 15 heavy (non-hydrogen) atoms. The van der Waals surface area contributed by atoms with Gasteiger partial charge in [0.05, 0.1) is 5.70 Å². The summed E-state index contributed by atoms with van der Waals surface area (Å²) < 4.78 is 0. The van der Waals surface area contributed by atoms with E-state index in [1.807, 2.05) is 6.21 Å². The minimum Gasteiger partial charge on any atom is -0.260 e. The summed E-state index contributed by atoms with van der Waals surface area (Å²) in [4.78, 5) is 4.50. The normalized spacial score (nSPS) is 22.6. The van der Waals surface area contributed by atoms with Gasteiger partial charge in [-0.05, 0) is 36.1 Å². The molecule has 1 aliphatic carbocycles. The van der Waals surface area contributed by atoms with E-state index < -0.39 is 0 Å². The Morgan fingerprint density at radius 1 is 1.27 bits per heavy atom. The van der Waals surface area contributed by atoms with Gasteiger partial charge >= 0.3 is 0 Å². The molecule has 0 aromatic heterocycles. The Morgan fingerprint density at radius 2 is 2.13 bits per heavy atom. The molecule has 3 rings (SSSR count). The van der Waals surface area contributed by atoms with Crippen LogP contribution in [-0.2, 0) is 6.42 Å². The molecule has 1 nitrogen and oxygen atoms in total. The minimum absolute atomic E-state index is 0.491. The van der Waals surface area contributed by atoms with Crippen LogP contribution >= 0.6 is 0 Å². The molecule has 0 fully saturated rings. The van der Waals surface area contributed by atoms with Crippen molar-refractivity contribution in [2.45, 2.75) is 13.3 Å². The Bertz CT molecular complexity index is 492. The van der Waals surface area contributed by atoms with Crippen LogP contribution in [0.25, 0.3) is 5.57 Å². The predicted molar refractivity (Wildman–Crippen MR) is 63.9 cm³/mol. The van der Waals surface area contributed by atoms with Crippen molar-refractivity contribution in [3.05, 3.63) is 53.2 Å². The highest BCUT2D eigenvalue weighted by atomic mass is 14.8. The maximum Gasteiger partial charge on any atom is 0.0510 e. The second-order valence-corrected chi connectivity index (χ2v) is 4.14. The molecule has 0 amide bonds. The zero-order valence-electron chi connectivity index (χ0n) is 8.77. The van der Waals surface area contributed by atoms with Crippen LogP contribution in [0, 0.1) is 5.92 Å². The molecule has 1 heterocycles. The highest BCUT2D eigenvalue weighted by Crippen LogP contribution is 2.36. The summed E-state index contributed by atoms with van der Waals surface area (Å²) in [6, 6.07) is 8.64. The summed E-state index contributed by atoms with van der Waals surface area (Å²) in [6.45, 7) is 2.18. The molecule has 2 aliphatic rings. The number of dihydropyridines is 1. The molecule has 0 saturated heterocycles. The van der Waals surface area contributed by atoms with Gasteiger partial charge in [0.15, 0.2) is 0 Å². The van der Waals surface area contributed by atoms with E-state index in [1.54, 1.807) is 0 Å². The molecule has 0 spiro atoms. The predicted octanol–water partition coefficient (Wildman–Crippen LogP) is 3.23. The van der Waals surface area contributed by atoms with Crippen molar-refractivity contribution < 1.29 is 0 Å². The van der Waals surface area contributed by atoms with Gasteiger partial charge in [-0.3, -0.25) is 4.99 Å². The molecule has 1 aromatic carbocycles. The summed E-state index contributed by atoms with van der Waals surface area (Å²) >= 11 is 0. The first-order chi connectivity index (χ1) is 7.36. The lowest BCUT2D eigenvalue weighted by Crippen LogP contribution is -2.14. The molecule has 0 radical (unpaired) electrons. The summed E-state index contributed by atoms with van der Waals surface area (Å²) in [5.74, 6) is 0.491. The maximum absolute atomic E-state index is 4.50. The fraction of sp³-hybridized carbons (Fsp3) is 0.214. The molecule has 0 saturated carbocycles. The summed E-state index contributed by atoms with van der Waals surface area (Å²) in [7, 11) is 0. The van der Waals surface area contributed by atoms with Gasteiger partial charge in [0.25, 0.3) is 0 Å². The zero-order valence-corrected chi connectivity index (χ0v) is 8.77. The first-order valence-electron chi connectivity index (χ1n) is 5.36. The smallest absolute Gasteiger partial charge is 0.0510 e. The van der Waals surface area contributed by atoms with E-state index in [0.717, 1.165) is 6.42 Å².